The van der Waals surface area contributed by atoms with Crippen LogP contribution in [0.1, 0.15) is 21.5 Å². The first-order chi connectivity index (χ1) is 14.7. The lowest BCUT2D eigenvalue weighted by Gasteiger charge is -2.11. The molecule has 0 aliphatic carbocycles. The molecule has 0 saturated carbocycles. The van der Waals surface area contributed by atoms with Crippen LogP contribution in [-0.2, 0) is 4.79 Å². The molecule has 1 aromatic heterocycles. The number of benzene rings is 2. The van der Waals surface area contributed by atoms with Gasteiger partial charge in [0.05, 0.1) is 5.75 Å². The Kier molecular flexibility index (Phi) is 7.13. The minimum absolute atomic E-state index is 0.0281. The van der Waals surface area contributed by atoms with E-state index in [1.165, 1.54) is 0 Å². The highest BCUT2D eigenvalue weighted by Crippen LogP contribution is 2.20. The Balaban J connectivity index is 1.65. The van der Waals surface area contributed by atoms with Crippen molar-refractivity contribution in [2.45, 2.75) is 19.0 Å². The van der Waals surface area contributed by atoms with E-state index >= 15 is 0 Å². The number of nitrogens with one attached hydrogen (secondary N) is 3. The maximum Gasteiger partial charge on any atom is 0.277 e. The number of aromatic amines is 1. The summed E-state index contributed by atoms with van der Waals surface area (Å²) in [6, 6.07) is 12.3. The molecule has 160 valence electrons. The molecule has 0 fully saturated rings. The van der Waals surface area contributed by atoms with Gasteiger partial charge in [-0.1, -0.05) is 39.8 Å². The molecule has 3 aromatic rings. The van der Waals surface area contributed by atoms with E-state index in [2.05, 4.69) is 36.5 Å². The molecule has 2 aromatic carbocycles. The number of amides is 2. The molecular weight excluding hydrogens is 482 g/mol. The molecule has 0 atom stereocenters. The number of hydrogen-bond acceptors (Lipinski definition) is 6. The number of rotatable bonds is 6. The fourth-order valence-electron chi connectivity index (χ4n) is 2.65. The maximum absolute atomic E-state index is 12.4. The van der Waals surface area contributed by atoms with Crippen LogP contribution in [0.2, 0.25) is 0 Å². The summed E-state index contributed by atoms with van der Waals surface area (Å²) in [7, 11) is 0. The molecule has 0 spiro atoms. The molecule has 0 saturated heterocycles. The summed E-state index contributed by atoms with van der Waals surface area (Å²) in [6.45, 7) is 3.90. The van der Waals surface area contributed by atoms with Gasteiger partial charge in [0.25, 0.3) is 11.5 Å². The van der Waals surface area contributed by atoms with Gasteiger partial charge in [0.15, 0.2) is 11.0 Å². The Hall–Kier alpha value is -3.11. The van der Waals surface area contributed by atoms with E-state index in [1.54, 1.807) is 24.3 Å². The zero-order valence-electron chi connectivity index (χ0n) is 16.8. The molecule has 0 unspecified atom stereocenters. The van der Waals surface area contributed by atoms with Gasteiger partial charge in [-0.05, 0) is 55.3 Å². The van der Waals surface area contributed by atoms with Crippen molar-refractivity contribution >= 4 is 56.7 Å². The second-order valence-corrected chi connectivity index (χ2v) is 8.56. The van der Waals surface area contributed by atoms with Gasteiger partial charge < -0.3 is 16.4 Å². The number of carbonyl (C=O) groups is 2. The predicted octanol–water partition coefficient (Wildman–Crippen LogP) is 3.71. The van der Waals surface area contributed by atoms with E-state index < -0.39 is 11.5 Å². The number of thioether (sulfide) groups is 1. The highest BCUT2D eigenvalue weighted by molar-refractivity contribution is 9.10. The summed E-state index contributed by atoms with van der Waals surface area (Å²) < 4.78 is 0.825. The average Bonchev–Trinajstić information content (AvgIpc) is 2.73. The first-order valence-electron chi connectivity index (χ1n) is 9.20. The molecule has 31 heavy (non-hydrogen) atoms. The first kappa shape index (κ1) is 22.6. The number of nitrogens with two attached hydrogens (primary N) is 1. The van der Waals surface area contributed by atoms with Gasteiger partial charge in [-0.15, -0.1) is 0 Å². The maximum atomic E-state index is 12.4. The van der Waals surface area contributed by atoms with Crippen molar-refractivity contribution in [2.24, 2.45) is 0 Å². The zero-order chi connectivity index (χ0) is 22.5. The van der Waals surface area contributed by atoms with Gasteiger partial charge >= 0.3 is 0 Å². The number of aromatic nitrogens is 2. The predicted molar refractivity (Wildman–Crippen MR) is 127 cm³/mol. The molecule has 0 aliphatic rings. The van der Waals surface area contributed by atoms with Gasteiger partial charge in [0.1, 0.15) is 5.69 Å². The molecule has 5 N–H and O–H groups in total. The van der Waals surface area contributed by atoms with Crippen molar-refractivity contribution in [1.29, 1.82) is 0 Å². The Morgan fingerprint density at radius 1 is 1.13 bits per heavy atom. The molecule has 3 rings (SSSR count). The summed E-state index contributed by atoms with van der Waals surface area (Å²) in [5.74, 6) is -0.834. The largest absolute Gasteiger partial charge is 0.382 e. The summed E-state index contributed by atoms with van der Waals surface area (Å²) in [4.78, 5) is 43.6. The standard InChI is InChI=1S/C21H20BrN5O3S/c1-11-4-3-5-15(12(11)2)24-16(28)10-31-21-26-18(23)17(20(30)27-21)25-19(29)13-6-8-14(22)9-7-13/h3-9H,10H2,1-2H3,(H,24,28)(H,25,29)(H3,23,26,27,30). The lowest BCUT2D eigenvalue weighted by atomic mass is 10.1. The van der Waals surface area contributed by atoms with Crippen LogP contribution >= 0.6 is 27.7 Å². The van der Waals surface area contributed by atoms with Crippen LogP contribution in [0.5, 0.6) is 0 Å². The van der Waals surface area contributed by atoms with Crippen molar-refractivity contribution in [2.75, 3.05) is 22.1 Å². The molecule has 0 aliphatic heterocycles. The van der Waals surface area contributed by atoms with E-state index in [0.29, 0.717) is 5.56 Å². The minimum atomic E-state index is -0.601. The topological polar surface area (TPSA) is 130 Å². The van der Waals surface area contributed by atoms with Crippen LogP contribution in [0.4, 0.5) is 17.2 Å². The summed E-state index contributed by atoms with van der Waals surface area (Å²) in [5.41, 5.74) is 8.29. The SMILES string of the molecule is Cc1cccc(NC(=O)CSc2nc(N)c(NC(=O)c3ccc(Br)cc3)c(=O)[nH]2)c1C. The minimum Gasteiger partial charge on any atom is -0.382 e. The number of carbonyl (C=O) groups excluding carboxylic acids is 2. The van der Waals surface area contributed by atoms with Gasteiger partial charge in [0.2, 0.25) is 5.91 Å². The third kappa shape index (κ3) is 5.74. The highest BCUT2D eigenvalue weighted by Gasteiger charge is 2.15. The number of aryl methyl sites for hydroxylation is 1. The van der Waals surface area contributed by atoms with Gasteiger partial charge in [-0.2, -0.15) is 0 Å². The van der Waals surface area contributed by atoms with Crippen LogP contribution in [0.25, 0.3) is 0 Å². The number of hydrogen-bond donors (Lipinski definition) is 4. The second kappa shape index (κ2) is 9.80. The van der Waals surface area contributed by atoms with Crippen LogP contribution in [0.15, 0.2) is 56.9 Å². The van der Waals surface area contributed by atoms with Crippen molar-refractivity contribution < 1.29 is 9.59 Å². The third-order valence-electron chi connectivity index (χ3n) is 4.49. The highest BCUT2D eigenvalue weighted by atomic mass is 79.9. The molecule has 10 heteroatoms. The Morgan fingerprint density at radius 2 is 1.84 bits per heavy atom. The average molecular weight is 502 g/mol. The fourth-order valence-corrected chi connectivity index (χ4v) is 3.58. The monoisotopic (exact) mass is 501 g/mol. The lowest BCUT2D eigenvalue weighted by Crippen LogP contribution is -2.23. The molecule has 0 bridgehead atoms. The van der Waals surface area contributed by atoms with Crippen molar-refractivity contribution in [1.82, 2.24) is 9.97 Å². The summed E-state index contributed by atoms with van der Waals surface area (Å²) in [5, 5.41) is 5.50. The fraction of sp³-hybridized carbons (Fsp3) is 0.143. The quantitative estimate of drug-likeness (QED) is 0.300. The zero-order valence-corrected chi connectivity index (χ0v) is 19.2. The van der Waals surface area contributed by atoms with E-state index in [4.69, 9.17) is 5.73 Å². The molecular formula is C21H20BrN5O3S. The summed E-state index contributed by atoms with van der Waals surface area (Å²) in [6.07, 6.45) is 0. The van der Waals surface area contributed by atoms with Gasteiger partial charge in [-0.25, -0.2) is 4.98 Å². The van der Waals surface area contributed by atoms with E-state index in [1.807, 2.05) is 32.0 Å². The Labute approximate surface area is 191 Å². The Morgan fingerprint density at radius 3 is 2.52 bits per heavy atom. The second-order valence-electron chi connectivity index (χ2n) is 6.68. The van der Waals surface area contributed by atoms with Crippen LogP contribution in [0, 0.1) is 13.8 Å². The van der Waals surface area contributed by atoms with Gasteiger partial charge in [-0.3, -0.25) is 19.4 Å². The molecule has 2 amide bonds. The van der Waals surface area contributed by atoms with E-state index in [9.17, 15) is 14.4 Å². The first-order valence-corrected chi connectivity index (χ1v) is 11.0. The van der Waals surface area contributed by atoms with Crippen LogP contribution in [0.3, 0.4) is 0 Å². The van der Waals surface area contributed by atoms with Crippen LogP contribution in [-0.4, -0.2) is 27.5 Å². The number of halogens is 1. The number of anilines is 3. The smallest absolute Gasteiger partial charge is 0.277 e. The number of nitrogens with zero attached hydrogens (tertiary/aromatic N) is 1. The number of H-pyrrole nitrogens is 1. The van der Waals surface area contributed by atoms with Crippen molar-refractivity contribution in [3.8, 4) is 0 Å². The van der Waals surface area contributed by atoms with Crippen molar-refractivity contribution in [3.05, 3.63) is 74.0 Å². The lowest BCUT2D eigenvalue weighted by molar-refractivity contribution is -0.113. The normalized spacial score (nSPS) is 10.5. The van der Waals surface area contributed by atoms with Crippen molar-refractivity contribution in [3.63, 3.8) is 0 Å². The Bertz CT molecular complexity index is 1190. The molecule has 0 radical (unpaired) electrons. The van der Waals surface area contributed by atoms with Crippen LogP contribution < -0.4 is 21.9 Å². The third-order valence-corrected chi connectivity index (χ3v) is 5.89. The van der Waals surface area contributed by atoms with E-state index in [0.717, 1.165) is 33.0 Å². The number of nitrogen functional groups attached to an aromatic ring is 1. The molecule has 8 nitrogen and oxygen atoms in total. The van der Waals surface area contributed by atoms with Gasteiger partial charge in [0, 0.05) is 15.7 Å². The summed E-state index contributed by atoms with van der Waals surface area (Å²) >= 11 is 4.33. The van der Waals surface area contributed by atoms with E-state index in [-0.39, 0.29) is 28.3 Å². The molecule has 1 heterocycles.